The largest absolute Gasteiger partial charge is 0.325 e. The molecule has 0 aliphatic heterocycles. The lowest BCUT2D eigenvalue weighted by Gasteiger charge is -2.42. The average Bonchev–Trinajstić information content (AvgIpc) is 2.87. The van der Waals surface area contributed by atoms with Gasteiger partial charge >= 0.3 is 0 Å². The summed E-state index contributed by atoms with van der Waals surface area (Å²) in [4.78, 5) is 32.1. The number of anilines is 1. The minimum absolute atomic E-state index is 0.0758. The Morgan fingerprint density at radius 1 is 1.17 bits per heavy atom. The van der Waals surface area contributed by atoms with E-state index in [2.05, 4.69) is 30.4 Å². The topological polar surface area (TPSA) is 64.0 Å². The van der Waals surface area contributed by atoms with Gasteiger partial charge in [0.2, 0.25) is 5.91 Å². The van der Waals surface area contributed by atoms with Crippen molar-refractivity contribution in [2.45, 2.75) is 75.9 Å². The molecule has 0 unspecified atom stereocenters. The summed E-state index contributed by atoms with van der Waals surface area (Å²) in [6, 6.07) is 13.8. The van der Waals surface area contributed by atoms with Gasteiger partial charge in [-0.2, -0.15) is 0 Å². The van der Waals surface area contributed by atoms with Crippen molar-refractivity contribution in [3.8, 4) is 11.3 Å². The van der Waals surface area contributed by atoms with Crippen molar-refractivity contribution in [2.24, 2.45) is 0 Å². The Bertz CT molecular complexity index is 1360. The summed E-state index contributed by atoms with van der Waals surface area (Å²) in [5, 5.41) is 4.14. The molecule has 2 aliphatic rings. The van der Waals surface area contributed by atoms with Gasteiger partial charge in [0.25, 0.3) is 5.56 Å². The number of fused-ring (bicyclic) bond motifs is 4. The van der Waals surface area contributed by atoms with E-state index in [4.69, 9.17) is 16.6 Å². The van der Waals surface area contributed by atoms with Gasteiger partial charge in [-0.15, -0.1) is 0 Å². The number of nitrogens with zero attached hydrogens (tertiary/aromatic N) is 2. The lowest BCUT2D eigenvalue weighted by molar-refractivity contribution is -0.113. The van der Waals surface area contributed by atoms with Crippen molar-refractivity contribution < 1.29 is 4.79 Å². The van der Waals surface area contributed by atoms with Crippen LogP contribution in [0.25, 0.3) is 11.3 Å². The van der Waals surface area contributed by atoms with E-state index >= 15 is 0 Å². The van der Waals surface area contributed by atoms with Crippen LogP contribution < -0.4 is 10.9 Å². The summed E-state index contributed by atoms with van der Waals surface area (Å²) in [5.41, 5.74) is 5.65. The zero-order valence-electron chi connectivity index (χ0n) is 20.9. The summed E-state index contributed by atoms with van der Waals surface area (Å²) in [5.74, 6) is 0.0118. The Morgan fingerprint density at radius 3 is 2.72 bits per heavy atom. The number of hydrogen-bond donors (Lipinski definition) is 1. The molecule has 1 aromatic heterocycles. The molecule has 5 nitrogen and oxygen atoms in total. The average molecular weight is 522 g/mol. The first-order valence-corrected chi connectivity index (χ1v) is 14.2. The smallest absolute Gasteiger partial charge is 0.258 e. The number of nitrogens with one attached hydrogen (secondary N) is 1. The van der Waals surface area contributed by atoms with Gasteiger partial charge in [-0.1, -0.05) is 79.9 Å². The van der Waals surface area contributed by atoms with E-state index in [0.717, 1.165) is 60.9 Å². The predicted molar refractivity (Wildman–Crippen MR) is 148 cm³/mol. The molecule has 1 fully saturated rings. The number of halogens is 1. The fourth-order valence-electron chi connectivity index (χ4n) is 5.80. The number of benzene rings is 2. The van der Waals surface area contributed by atoms with Gasteiger partial charge in [0.15, 0.2) is 5.16 Å². The highest BCUT2D eigenvalue weighted by Crippen LogP contribution is 2.48. The molecule has 5 rings (SSSR count). The predicted octanol–water partition coefficient (Wildman–Crippen LogP) is 6.77. The van der Waals surface area contributed by atoms with Crippen LogP contribution >= 0.6 is 23.4 Å². The molecule has 1 N–H and O–H groups in total. The molecule has 0 radical (unpaired) electrons. The zero-order chi connectivity index (χ0) is 25.3. The van der Waals surface area contributed by atoms with Crippen molar-refractivity contribution in [3.05, 3.63) is 74.5 Å². The molecular formula is C29H32ClN3O2S. The minimum Gasteiger partial charge on any atom is -0.325 e. The zero-order valence-corrected chi connectivity index (χ0v) is 22.5. The highest BCUT2D eigenvalue weighted by atomic mass is 35.5. The molecule has 36 heavy (non-hydrogen) atoms. The van der Waals surface area contributed by atoms with Crippen LogP contribution in [0.15, 0.2) is 52.4 Å². The van der Waals surface area contributed by atoms with Gasteiger partial charge in [0.05, 0.1) is 17.0 Å². The van der Waals surface area contributed by atoms with E-state index in [1.165, 1.54) is 23.7 Å². The maximum Gasteiger partial charge on any atom is 0.258 e. The molecule has 188 valence electrons. The van der Waals surface area contributed by atoms with Crippen LogP contribution in [0, 0.1) is 6.92 Å². The number of amides is 1. The normalized spacial score (nSPS) is 15.9. The van der Waals surface area contributed by atoms with Gasteiger partial charge in [-0.05, 0) is 55.9 Å². The van der Waals surface area contributed by atoms with Crippen molar-refractivity contribution in [1.29, 1.82) is 0 Å². The second kappa shape index (κ2) is 10.4. The molecule has 2 aliphatic carbocycles. The molecule has 1 amide bonds. The molecule has 0 bridgehead atoms. The fourth-order valence-corrected chi connectivity index (χ4v) is 6.79. The van der Waals surface area contributed by atoms with Crippen LogP contribution in [0.4, 0.5) is 5.69 Å². The first-order valence-electron chi connectivity index (χ1n) is 12.8. The highest BCUT2D eigenvalue weighted by molar-refractivity contribution is 7.99. The SMILES string of the molecule is CCCn1c(SCC(=O)Nc2cc(Cl)ccc2C)nc2c(c1=O)C1(CCCCC1)Cc1ccccc1-2. The van der Waals surface area contributed by atoms with Crippen molar-refractivity contribution in [1.82, 2.24) is 9.55 Å². The van der Waals surface area contributed by atoms with Crippen LogP contribution in [-0.2, 0) is 23.2 Å². The third kappa shape index (κ3) is 4.73. The quantitative estimate of drug-likeness (QED) is 0.287. The van der Waals surface area contributed by atoms with Crippen LogP contribution in [0.2, 0.25) is 5.02 Å². The van der Waals surface area contributed by atoms with Crippen molar-refractivity contribution in [3.63, 3.8) is 0 Å². The summed E-state index contributed by atoms with van der Waals surface area (Å²) < 4.78 is 1.81. The van der Waals surface area contributed by atoms with Crippen LogP contribution in [0.5, 0.6) is 0 Å². The molecular weight excluding hydrogens is 490 g/mol. The molecule has 0 atom stereocenters. The standard InChI is InChI=1S/C29H32ClN3O2S/c1-3-15-33-27(35)25-26(22-10-6-5-9-20(22)17-29(25)13-7-4-8-14-29)32-28(33)36-18-24(34)31-23-16-21(30)12-11-19(23)2/h5-6,9-12,16H,3-4,7-8,13-15,17-18H2,1-2H3,(H,31,34). The molecule has 0 saturated heterocycles. The number of carbonyl (C=O) groups excluding carboxylic acids is 1. The summed E-state index contributed by atoms with van der Waals surface area (Å²) in [7, 11) is 0. The van der Waals surface area contributed by atoms with Gasteiger partial charge in [0, 0.05) is 28.2 Å². The van der Waals surface area contributed by atoms with E-state index in [0.29, 0.717) is 22.4 Å². The van der Waals surface area contributed by atoms with E-state index < -0.39 is 0 Å². The van der Waals surface area contributed by atoms with Crippen LogP contribution in [-0.4, -0.2) is 21.2 Å². The number of aromatic nitrogens is 2. The molecule has 2 aromatic carbocycles. The van der Waals surface area contributed by atoms with Gasteiger partial charge < -0.3 is 5.32 Å². The van der Waals surface area contributed by atoms with Gasteiger partial charge in [-0.3, -0.25) is 14.2 Å². The van der Waals surface area contributed by atoms with E-state index in [1.54, 1.807) is 12.1 Å². The van der Waals surface area contributed by atoms with Crippen molar-refractivity contribution in [2.75, 3.05) is 11.1 Å². The number of hydrogen-bond acceptors (Lipinski definition) is 4. The Hall–Kier alpha value is -2.57. The van der Waals surface area contributed by atoms with E-state index in [-0.39, 0.29) is 22.6 Å². The lowest BCUT2D eigenvalue weighted by Crippen LogP contribution is -2.43. The Morgan fingerprint density at radius 2 is 1.94 bits per heavy atom. The molecule has 1 saturated carbocycles. The number of aryl methyl sites for hydroxylation is 1. The van der Waals surface area contributed by atoms with Gasteiger partial charge in [-0.25, -0.2) is 4.98 Å². The monoisotopic (exact) mass is 521 g/mol. The summed E-state index contributed by atoms with van der Waals surface area (Å²) >= 11 is 7.44. The fraction of sp³-hybridized carbons (Fsp3) is 0.414. The maximum absolute atomic E-state index is 14.1. The highest BCUT2D eigenvalue weighted by Gasteiger charge is 2.43. The number of thioether (sulfide) groups is 1. The number of rotatable bonds is 6. The Kier molecular flexibility index (Phi) is 7.27. The van der Waals surface area contributed by atoms with Crippen LogP contribution in [0.3, 0.4) is 0 Å². The summed E-state index contributed by atoms with van der Waals surface area (Å²) in [6.07, 6.45) is 7.32. The first kappa shape index (κ1) is 25.1. The number of carbonyl (C=O) groups is 1. The van der Waals surface area contributed by atoms with Crippen LogP contribution in [0.1, 0.15) is 62.1 Å². The third-order valence-electron chi connectivity index (χ3n) is 7.53. The Labute approximate surface area is 221 Å². The maximum atomic E-state index is 14.1. The lowest BCUT2D eigenvalue weighted by atomic mass is 9.62. The second-order valence-corrected chi connectivity index (χ2v) is 11.4. The third-order valence-corrected chi connectivity index (χ3v) is 8.74. The molecule has 7 heteroatoms. The molecule has 3 aromatic rings. The van der Waals surface area contributed by atoms with E-state index in [1.807, 2.05) is 23.6 Å². The minimum atomic E-state index is -0.149. The second-order valence-electron chi connectivity index (χ2n) is 10.0. The van der Waals surface area contributed by atoms with Crippen molar-refractivity contribution >= 4 is 35.0 Å². The molecule has 1 spiro atoms. The molecule has 1 heterocycles. The first-order chi connectivity index (χ1) is 17.4. The summed E-state index contributed by atoms with van der Waals surface area (Å²) in [6.45, 7) is 4.59. The van der Waals surface area contributed by atoms with E-state index in [9.17, 15) is 9.59 Å². The Balaban J connectivity index is 1.52. The van der Waals surface area contributed by atoms with Gasteiger partial charge in [0.1, 0.15) is 0 Å².